The predicted molar refractivity (Wildman–Crippen MR) is 80.9 cm³/mol. The van der Waals surface area contributed by atoms with Gasteiger partial charge in [0, 0.05) is 32.4 Å². The first-order valence-corrected chi connectivity index (χ1v) is 6.80. The third kappa shape index (κ3) is 3.62. The number of benzene rings is 1. The molecule has 0 saturated carbocycles. The Morgan fingerprint density at radius 1 is 1.20 bits per heavy atom. The van der Waals surface area contributed by atoms with Crippen molar-refractivity contribution in [1.29, 1.82) is 0 Å². The smallest absolute Gasteiger partial charge is 0.133 e. The van der Waals surface area contributed by atoms with Gasteiger partial charge in [0.1, 0.15) is 11.9 Å². The number of anilines is 1. The Bertz CT molecular complexity index is 506. The van der Waals surface area contributed by atoms with Crippen LogP contribution < -0.4 is 10.2 Å². The molecule has 0 fully saturated rings. The zero-order valence-electron chi connectivity index (χ0n) is 12.2. The molecule has 0 aliphatic carbocycles. The summed E-state index contributed by atoms with van der Waals surface area (Å²) in [6.07, 6.45) is 0.954. The van der Waals surface area contributed by atoms with Crippen LogP contribution in [0.1, 0.15) is 30.4 Å². The van der Waals surface area contributed by atoms with E-state index in [0.29, 0.717) is 12.3 Å². The predicted octanol–water partition coefficient (Wildman–Crippen LogP) is 2.73. The summed E-state index contributed by atoms with van der Waals surface area (Å²) in [5.74, 6) is 0.590. The standard InChI is InChI=1S/C16H22N2O2/c1-12(13-6-8-14(9-7-13)18(2)3)17-11-15(19)16-5-4-10-20-16/h4-10,12,15,17,19H,11H2,1-3H3. The van der Waals surface area contributed by atoms with Crippen molar-refractivity contribution in [2.45, 2.75) is 19.1 Å². The molecule has 0 saturated heterocycles. The molecular formula is C16H22N2O2. The largest absolute Gasteiger partial charge is 0.467 e. The Morgan fingerprint density at radius 2 is 1.90 bits per heavy atom. The lowest BCUT2D eigenvalue weighted by molar-refractivity contribution is 0.144. The first-order chi connectivity index (χ1) is 9.58. The summed E-state index contributed by atoms with van der Waals surface area (Å²) in [6.45, 7) is 2.55. The van der Waals surface area contributed by atoms with Crippen LogP contribution in [0.4, 0.5) is 5.69 Å². The van der Waals surface area contributed by atoms with Crippen molar-refractivity contribution < 1.29 is 9.52 Å². The monoisotopic (exact) mass is 274 g/mol. The number of hydrogen-bond donors (Lipinski definition) is 2. The summed E-state index contributed by atoms with van der Waals surface area (Å²) < 4.78 is 5.18. The third-order valence-corrected chi connectivity index (χ3v) is 3.40. The molecule has 0 radical (unpaired) electrons. The van der Waals surface area contributed by atoms with Gasteiger partial charge in [-0.15, -0.1) is 0 Å². The maximum Gasteiger partial charge on any atom is 0.133 e. The lowest BCUT2D eigenvalue weighted by Crippen LogP contribution is -2.24. The van der Waals surface area contributed by atoms with Gasteiger partial charge in [-0.2, -0.15) is 0 Å². The summed E-state index contributed by atoms with van der Waals surface area (Å²) in [5, 5.41) is 13.3. The zero-order chi connectivity index (χ0) is 14.5. The molecule has 0 aliphatic heterocycles. The second kappa shape index (κ2) is 6.59. The molecule has 0 aliphatic rings. The first kappa shape index (κ1) is 14.6. The Kier molecular flexibility index (Phi) is 4.82. The lowest BCUT2D eigenvalue weighted by Gasteiger charge is -2.18. The van der Waals surface area contributed by atoms with E-state index in [1.165, 1.54) is 11.3 Å². The van der Waals surface area contributed by atoms with E-state index < -0.39 is 6.10 Å². The van der Waals surface area contributed by atoms with E-state index in [4.69, 9.17) is 4.42 Å². The fourth-order valence-electron chi connectivity index (χ4n) is 2.05. The van der Waals surface area contributed by atoms with Crippen molar-refractivity contribution in [3.05, 3.63) is 54.0 Å². The molecule has 0 spiro atoms. The molecule has 4 heteroatoms. The lowest BCUT2D eigenvalue weighted by atomic mass is 10.1. The van der Waals surface area contributed by atoms with Gasteiger partial charge < -0.3 is 19.7 Å². The highest BCUT2D eigenvalue weighted by molar-refractivity contribution is 5.46. The quantitative estimate of drug-likeness (QED) is 0.850. The van der Waals surface area contributed by atoms with Crippen LogP contribution in [0, 0.1) is 0 Å². The number of nitrogens with one attached hydrogen (secondary N) is 1. The normalized spacial score (nSPS) is 14.0. The topological polar surface area (TPSA) is 48.6 Å². The van der Waals surface area contributed by atoms with Gasteiger partial charge in [-0.1, -0.05) is 12.1 Å². The Labute approximate surface area is 120 Å². The Balaban J connectivity index is 1.89. The van der Waals surface area contributed by atoms with Crippen LogP contribution in [0.3, 0.4) is 0 Å². The summed E-state index contributed by atoms with van der Waals surface area (Å²) >= 11 is 0. The van der Waals surface area contributed by atoms with Crippen LogP contribution in [0.15, 0.2) is 47.1 Å². The van der Waals surface area contributed by atoms with Crippen molar-refractivity contribution in [2.75, 3.05) is 25.5 Å². The van der Waals surface area contributed by atoms with E-state index in [9.17, 15) is 5.11 Å². The van der Waals surface area contributed by atoms with Gasteiger partial charge in [0.05, 0.1) is 6.26 Å². The molecule has 4 nitrogen and oxygen atoms in total. The molecule has 2 unspecified atom stereocenters. The summed E-state index contributed by atoms with van der Waals surface area (Å²) in [5.41, 5.74) is 2.37. The molecule has 1 heterocycles. The molecule has 2 rings (SSSR count). The van der Waals surface area contributed by atoms with Crippen molar-refractivity contribution in [3.8, 4) is 0 Å². The minimum absolute atomic E-state index is 0.177. The Hall–Kier alpha value is -1.78. The second-order valence-electron chi connectivity index (χ2n) is 5.15. The highest BCUT2D eigenvalue weighted by Crippen LogP contribution is 2.19. The molecule has 0 bridgehead atoms. The van der Waals surface area contributed by atoms with E-state index in [-0.39, 0.29) is 6.04 Å². The zero-order valence-corrected chi connectivity index (χ0v) is 12.2. The molecule has 2 aromatic rings. The van der Waals surface area contributed by atoms with Crippen molar-refractivity contribution in [2.24, 2.45) is 0 Å². The van der Waals surface area contributed by atoms with E-state index in [2.05, 4.69) is 41.4 Å². The molecule has 2 atom stereocenters. The van der Waals surface area contributed by atoms with Crippen LogP contribution in [0.2, 0.25) is 0 Å². The molecule has 2 N–H and O–H groups in total. The highest BCUT2D eigenvalue weighted by Gasteiger charge is 2.12. The minimum atomic E-state index is -0.617. The van der Waals surface area contributed by atoms with Crippen LogP contribution >= 0.6 is 0 Å². The molecular weight excluding hydrogens is 252 g/mol. The van der Waals surface area contributed by atoms with Crippen molar-refractivity contribution in [1.82, 2.24) is 5.32 Å². The maximum absolute atomic E-state index is 9.96. The van der Waals surface area contributed by atoms with Crippen LogP contribution in [-0.2, 0) is 0 Å². The minimum Gasteiger partial charge on any atom is -0.467 e. The highest BCUT2D eigenvalue weighted by atomic mass is 16.4. The number of aliphatic hydroxyl groups excluding tert-OH is 1. The fourth-order valence-corrected chi connectivity index (χ4v) is 2.05. The first-order valence-electron chi connectivity index (χ1n) is 6.80. The number of aliphatic hydroxyl groups is 1. The SMILES string of the molecule is CC(NCC(O)c1ccco1)c1ccc(N(C)C)cc1. The van der Waals surface area contributed by atoms with E-state index in [0.717, 1.165) is 0 Å². The van der Waals surface area contributed by atoms with Crippen LogP contribution in [0.25, 0.3) is 0 Å². The van der Waals surface area contributed by atoms with Gasteiger partial charge in [-0.3, -0.25) is 0 Å². The molecule has 108 valence electrons. The van der Waals surface area contributed by atoms with Gasteiger partial charge in [-0.25, -0.2) is 0 Å². The van der Waals surface area contributed by atoms with Gasteiger partial charge in [0.25, 0.3) is 0 Å². The number of furan rings is 1. The van der Waals surface area contributed by atoms with Crippen molar-refractivity contribution in [3.63, 3.8) is 0 Å². The Morgan fingerprint density at radius 3 is 2.45 bits per heavy atom. The maximum atomic E-state index is 9.96. The molecule has 20 heavy (non-hydrogen) atoms. The number of nitrogens with zero attached hydrogens (tertiary/aromatic N) is 1. The van der Waals surface area contributed by atoms with Crippen LogP contribution in [-0.4, -0.2) is 25.7 Å². The summed E-state index contributed by atoms with van der Waals surface area (Å²) in [6, 6.07) is 12.1. The average molecular weight is 274 g/mol. The fraction of sp³-hybridized carbons (Fsp3) is 0.375. The summed E-state index contributed by atoms with van der Waals surface area (Å²) in [7, 11) is 4.05. The molecule has 1 aromatic carbocycles. The van der Waals surface area contributed by atoms with E-state index in [1.807, 2.05) is 14.1 Å². The van der Waals surface area contributed by atoms with Gasteiger partial charge >= 0.3 is 0 Å². The second-order valence-corrected chi connectivity index (χ2v) is 5.15. The molecule has 1 aromatic heterocycles. The van der Waals surface area contributed by atoms with Gasteiger partial charge in [0.2, 0.25) is 0 Å². The van der Waals surface area contributed by atoms with E-state index in [1.54, 1.807) is 18.4 Å². The third-order valence-electron chi connectivity index (χ3n) is 3.40. The van der Waals surface area contributed by atoms with Gasteiger partial charge in [-0.05, 0) is 36.8 Å². The average Bonchev–Trinajstić information content (AvgIpc) is 2.98. The van der Waals surface area contributed by atoms with Crippen molar-refractivity contribution >= 4 is 5.69 Å². The molecule has 0 amide bonds. The number of rotatable bonds is 6. The summed E-state index contributed by atoms with van der Waals surface area (Å²) in [4.78, 5) is 2.07. The van der Waals surface area contributed by atoms with E-state index >= 15 is 0 Å². The van der Waals surface area contributed by atoms with Gasteiger partial charge in [0.15, 0.2) is 0 Å². The number of hydrogen-bond acceptors (Lipinski definition) is 4. The van der Waals surface area contributed by atoms with Crippen LogP contribution in [0.5, 0.6) is 0 Å².